The smallest absolute Gasteiger partial charge is 0.423 e. The molecular formula is C34H24BN3O2. The molecule has 0 saturated heterocycles. The van der Waals surface area contributed by atoms with Crippen molar-refractivity contribution in [2.45, 2.75) is 0 Å². The predicted octanol–water partition coefficient (Wildman–Crippen LogP) is 6.25. The van der Waals surface area contributed by atoms with Crippen LogP contribution in [0, 0.1) is 0 Å². The van der Waals surface area contributed by atoms with Gasteiger partial charge in [-0.2, -0.15) is 0 Å². The van der Waals surface area contributed by atoms with E-state index in [-0.39, 0.29) is 0 Å². The van der Waals surface area contributed by atoms with Crippen molar-refractivity contribution in [3.63, 3.8) is 0 Å². The number of nitrogens with zero attached hydrogens (tertiary/aromatic N) is 3. The summed E-state index contributed by atoms with van der Waals surface area (Å²) in [6.07, 6.45) is 0. The summed E-state index contributed by atoms with van der Waals surface area (Å²) in [6.45, 7) is 0. The first-order chi connectivity index (χ1) is 19.7. The van der Waals surface area contributed by atoms with E-state index in [1.807, 2.05) is 84.9 Å². The van der Waals surface area contributed by atoms with Gasteiger partial charge < -0.3 is 14.6 Å². The molecule has 0 aliphatic carbocycles. The average molecular weight is 517 g/mol. The van der Waals surface area contributed by atoms with Crippen molar-refractivity contribution in [2.75, 3.05) is 0 Å². The highest BCUT2D eigenvalue weighted by molar-refractivity contribution is 6.62. The quantitative estimate of drug-likeness (QED) is 0.265. The zero-order valence-corrected chi connectivity index (χ0v) is 21.5. The van der Waals surface area contributed by atoms with Crippen LogP contribution in [0.1, 0.15) is 0 Å². The lowest BCUT2D eigenvalue weighted by Crippen LogP contribution is -2.31. The summed E-state index contributed by atoms with van der Waals surface area (Å²) in [7, 11) is -1.60. The van der Waals surface area contributed by atoms with Gasteiger partial charge in [0.15, 0.2) is 5.82 Å². The van der Waals surface area contributed by atoms with E-state index in [1.54, 1.807) is 6.07 Å². The van der Waals surface area contributed by atoms with Crippen molar-refractivity contribution >= 4 is 34.4 Å². The number of aromatic nitrogens is 3. The van der Waals surface area contributed by atoms with E-state index >= 15 is 0 Å². The topological polar surface area (TPSA) is 71.2 Å². The fraction of sp³-hybridized carbons (Fsp3) is 0. The molecule has 0 radical (unpaired) electrons. The van der Waals surface area contributed by atoms with E-state index in [0.717, 1.165) is 55.6 Å². The highest BCUT2D eigenvalue weighted by atomic mass is 16.4. The molecule has 2 N–H and O–H groups in total. The summed E-state index contributed by atoms with van der Waals surface area (Å²) in [4.78, 5) is 9.98. The Morgan fingerprint density at radius 3 is 1.77 bits per heavy atom. The molecule has 0 saturated carbocycles. The third-order valence-electron chi connectivity index (χ3n) is 7.23. The van der Waals surface area contributed by atoms with Crippen molar-refractivity contribution in [2.24, 2.45) is 0 Å². The molecule has 0 atom stereocenters. The molecule has 5 nitrogen and oxygen atoms in total. The fourth-order valence-electron chi connectivity index (χ4n) is 5.40. The molecule has 0 bridgehead atoms. The second-order valence-electron chi connectivity index (χ2n) is 9.71. The van der Waals surface area contributed by atoms with Crippen LogP contribution in [0.25, 0.3) is 61.4 Å². The largest absolute Gasteiger partial charge is 0.490 e. The Kier molecular flexibility index (Phi) is 5.97. The summed E-state index contributed by atoms with van der Waals surface area (Å²) in [6, 6.07) is 44.1. The van der Waals surface area contributed by atoms with Crippen LogP contribution >= 0.6 is 0 Å². The lowest BCUT2D eigenvalue weighted by Gasteiger charge is -2.13. The van der Waals surface area contributed by atoms with Crippen LogP contribution in [0.15, 0.2) is 133 Å². The summed E-state index contributed by atoms with van der Waals surface area (Å²) in [5.41, 5.74) is 7.66. The molecule has 40 heavy (non-hydrogen) atoms. The van der Waals surface area contributed by atoms with Crippen molar-refractivity contribution in [1.82, 2.24) is 14.5 Å². The molecule has 0 aliphatic rings. The normalized spacial score (nSPS) is 11.2. The zero-order valence-electron chi connectivity index (χ0n) is 21.5. The maximum Gasteiger partial charge on any atom is 0.490 e. The first kappa shape index (κ1) is 24.0. The van der Waals surface area contributed by atoms with Gasteiger partial charge in [0.2, 0.25) is 0 Å². The van der Waals surface area contributed by atoms with Gasteiger partial charge in [0.05, 0.1) is 22.4 Å². The second kappa shape index (κ2) is 9.93. The Morgan fingerprint density at radius 1 is 0.525 bits per heavy atom. The highest BCUT2D eigenvalue weighted by Gasteiger charge is 2.21. The molecule has 7 aromatic rings. The van der Waals surface area contributed by atoms with Gasteiger partial charge >= 0.3 is 7.12 Å². The molecular weight excluding hydrogens is 493 g/mol. The Labute approximate surface area is 231 Å². The van der Waals surface area contributed by atoms with Crippen molar-refractivity contribution < 1.29 is 10.0 Å². The molecule has 2 heterocycles. The van der Waals surface area contributed by atoms with Gasteiger partial charge in [0.1, 0.15) is 0 Å². The third kappa shape index (κ3) is 4.16. The maximum absolute atomic E-state index is 10.3. The van der Waals surface area contributed by atoms with Crippen LogP contribution in [-0.2, 0) is 0 Å². The molecule has 2 aromatic heterocycles. The van der Waals surface area contributed by atoms with Gasteiger partial charge in [-0.25, -0.2) is 9.97 Å². The third-order valence-corrected chi connectivity index (χ3v) is 7.23. The first-order valence-electron chi connectivity index (χ1n) is 13.2. The molecule has 7 rings (SSSR count). The number of fused-ring (bicyclic) bond motifs is 3. The molecule has 0 unspecified atom stereocenters. The van der Waals surface area contributed by atoms with E-state index in [1.165, 1.54) is 0 Å². The summed E-state index contributed by atoms with van der Waals surface area (Å²) in [5, 5.41) is 22.5. The van der Waals surface area contributed by atoms with Crippen molar-refractivity contribution in [1.29, 1.82) is 0 Å². The molecule has 0 fully saturated rings. The summed E-state index contributed by atoms with van der Waals surface area (Å²) < 4.78 is 2.09. The van der Waals surface area contributed by atoms with Gasteiger partial charge in [0.25, 0.3) is 0 Å². The van der Waals surface area contributed by atoms with Crippen molar-refractivity contribution in [3.8, 4) is 39.6 Å². The van der Waals surface area contributed by atoms with Gasteiger partial charge in [-0.3, -0.25) is 0 Å². The number of hydrogen-bond acceptors (Lipinski definition) is 4. The molecule has 5 aromatic carbocycles. The lowest BCUT2D eigenvalue weighted by atomic mass is 9.79. The number of benzene rings is 5. The summed E-state index contributed by atoms with van der Waals surface area (Å²) >= 11 is 0. The highest BCUT2D eigenvalue weighted by Crippen LogP contribution is 2.33. The van der Waals surface area contributed by atoms with Crippen LogP contribution < -0.4 is 5.46 Å². The molecule has 0 aliphatic heterocycles. The van der Waals surface area contributed by atoms with Crippen LogP contribution in [0.3, 0.4) is 0 Å². The van der Waals surface area contributed by atoms with E-state index < -0.39 is 7.12 Å². The van der Waals surface area contributed by atoms with Gasteiger partial charge in [0, 0.05) is 38.6 Å². The fourth-order valence-corrected chi connectivity index (χ4v) is 5.40. The van der Waals surface area contributed by atoms with Crippen LogP contribution in [-0.4, -0.2) is 31.7 Å². The van der Waals surface area contributed by atoms with E-state index in [9.17, 15) is 10.0 Å². The predicted molar refractivity (Wildman–Crippen MR) is 163 cm³/mol. The lowest BCUT2D eigenvalue weighted by molar-refractivity contribution is 0.426. The van der Waals surface area contributed by atoms with E-state index in [2.05, 4.69) is 47.0 Å². The van der Waals surface area contributed by atoms with Gasteiger partial charge in [-0.15, -0.1) is 0 Å². The molecule has 6 heteroatoms. The van der Waals surface area contributed by atoms with Crippen molar-refractivity contribution in [3.05, 3.63) is 133 Å². The molecule has 190 valence electrons. The average Bonchev–Trinajstić information content (AvgIpc) is 3.36. The zero-order chi connectivity index (χ0) is 27.1. The Hall–Kier alpha value is -5.04. The van der Waals surface area contributed by atoms with E-state index in [0.29, 0.717) is 11.3 Å². The standard InChI is InChI=1S/C34H24BN3O2/c39-35(40)29-19-10-18-28-27-17-7-8-20-32(27)38(33(28)29)26-16-9-15-25(21-26)34-36-30(23-11-3-1-4-12-23)22-31(37-34)24-13-5-2-6-14-24/h1-22,39-40H. The second-order valence-corrected chi connectivity index (χ2v) is 9.71. The SMILES string of the molecule is OB(O)c1cccc2c3ccccc3n(-c3cccc(-c4nc(-c5ccccc5)cc(-c5ccccc5)n4)c3)c12. The van der Waals surface area contributed by atoms with Crippen LogP contribution in [0.4, 0.5) is 0 Å². The monoisotopic (exact) mass is 517 g/mol. The first-order valence-corrected chi connectivity index (χ1v) is 13.2. The maximum atomic E-state index is 10.3. The number of rotatable bonds is 5. The minimum Gasteiger partial charge on any atom is -0.423 e. The van der Waals surface area contributed by atoms with Crippen LogP contribution in [0.2, 0.25) is 0 Å². The minimum atomic E-state index is -1.60. The molecule has 0 spiro atoms. The Bertz CT molecular complexity index is 1930. The number of hydrogen-bond donors (Lipinski definition) is 2. The number of para-hydroxylation sites is 2. The van der Waals surface area contributed by atoms with E-state index in [4.69, 9.17) is 9.97 Å². The molecule has 0 amide bonds. The van der Waals surface area contributed by atoms with Crippen LogP contribution in [0.5, 0.6) is 0 Å². The minimum absolute atomic E-state index is 0.452. The Balaban J connectivity index is 1.46. The van der Waals surface area contributed by atoms with Gasteiger partial charge in [-0.05, 0) is 24.3 Å². The summed E-state index contributed by atoms with van der Waals surface area (Å²) in [5.74, 6) is 0.616. The Morgan fingerprint density at radius 2 is 1.10 bits per heavy atom. The van der Waals surface area contributed by atoms with Gasteiger partial charge in [-0.1, -0.05) is 109 Å².